The van der Waals surface area contributed by atoms with E-state index in [0.29, 0.717) is 26.4 Å². The lowest BCUT2D eigenvalue weighted by atomic mass is 10.1. The van der Waals surface area contributed by atoms with Gasteiger partial charge in [0.05, 0.1) is 10.6 Å². The first-order valence-electron chi connectivity index (χ1n) is 9.43. The maximum Gasteiger partial charge on any atom is 0.271 e. The van der Waals surface area contributed by atoms with Gasteiger partial charge in [-0.2, -0.15) is 0 Å². The number of aromatic nitrogens is 2. The summed E-state index contributed by atoms with van der Waals surface area (Å²) in [4.78, 5) is 42.5. The van der Waals surface area contributed by atoms with E-state index in [4.69, 9.17) is 11.6 Å². The van der Waals surface area contributed by atoms with Gasteiger partial charge < -0.3 is 0 Å². The number of non-ortho nitro benzene ring substituents is 1. The molecule has 3 aromatic carbocycles. The van der Waals surface area contributed by atoms with E-state index in [1.54, 1.807) is 54.6 Å². The summed E-state index contributed by atoms with van der Waals surface area (Å²) in [5, 5.41) is 12.2. The first kappa shape index (κ1) is 20.0. The molecular weight excluding hydrogens is 450 g/mol. The Bertz CT molecular complexity index is 1660. The highest BCUT2D eigenvalue weighted by Gasteiger charge is 2.20. The molecule has 0 fully saturated rings. The molecule has 0 N–H and O–H groups in total. The number of rotatable bonds is 3. The summed E-state index contributed by atoms with van der Waals surface area (Å²) in [6.07, 6.45) is 0. The Morgan fingerprint density at radius 2 is 1.72 bits per heavy atom. The predicted octanol–water partition coefficient (Wildman–Crippen LogP) is 5.19. The highest BCUT2D eigenvalue weighted by molar-refractivity contribution is 7.24. The highest BCUT2D eigenvalue weighted by atomic mass is 35.5. The third kappa shape index (κ3) is 3.26. The molecule has 0 atom stereocenters. The van der Waals surface area contributed by atoms with E-state index in [0.717, 1.165) is 0 Å². The fourth-order valence-corrected chi connectivity index (χ4v) is 4.70. The van der Waals surface area contributed by atoms with Crippen molar-refractivity contribution in [1.82, 2.24) is 9.55 Å². The Morgan fingerprint density at radius 1 is 0.969 bits per heavy atom. The number of benzene rings is 3. The van der Waals surface area contributed by atoms with Crippen LogP contribution >= 0.6 is 22.9 Å². The van der Waals surface area contributed by atoms with Crippen molar-refractivity contribution < 1.29 is 4.92 Å². The molecule has 5 aromatic rings. The Morgan fingerprint density at radius 3 is 2.47 bits per heavy atom. The van der Waals surface area contributed by atoms with Crippen LogP contribution < -0.4 is 11.0 Å². The first-order chi connectivity index (χ1) is 15.4. The quantitative estimate of drug-likeness (QED) is 0.209. The zero-order chi connectivity index (χ0) is 22.4. The van der Waals surface area contributed by atoms with Gasteiger partial charge in [0.15, 0.2) is 0 Å². The van der Waals surface area contributed by atoms with Crippen LogP contribution in [0.1, 0.15) is 0 Å². The number of nitrogens with zero attached hydrogens (tertiary/aromatic N) is 3. The molecule has 2 heterocycles. The number of nitro benzene ring substituents is 1. The molecule has 2 aromatic heterocycles. The Kier molecular flexibility index (Phi) is 4.80. The monoisotopic (exact) mass is 461 g/mol. The second-order valence-electron chi connectivity index (χ2n) is 6.97. The molecule has 0 spiro atoms. The molecule has 156 valence electrons. The van der Waals surface area contributed by atoms with E-state index < -0.39 is 15.9 Å². The fraction of sp³-hybridized carbons (Fsp3) is 0. The molecule has 32 heavy (non-hydrogen) atoms. The molecule has 0 bridgehead atoms. The molecule has 0 radical (unpaired) electrons. The SMILES string of the molecule is O=c1c2ccccc2sc2nc(-c3cccc([N+](=O)[O-])c3)n(-c3ccc(Cl)cc3)c(=O)c12. The van der Waals surface area contributed by atoms with Gasteiger partial charge in [-0.1, -0.05) is 35.9 Å². The maximum atomic E-state index is 13.7. The smallest absolute Gasteiger partial charge is 0.271 e. The number of fused-ring (bicyclic) bond motifs is 2. The van der Waals surface area contributed by atoms with E-state index in [1.807, 2.05) is 0 Å². The van der Waals surface area contributed by atoms with Crippen LogP contribution in [0.5, 0.6) is 0 Å². The Labute approximate surface area is 188 Å². The third-order valence-corrected chi connectivity index (χ3v) is 6.33. The second-order valence-corrected chi connectivity index (χ2v) is 8.43. The van der Waals surface area contributed by atoms with Gasteiger partial charge in [-0.25, -0.2) is 4.98 Å². The topological polar surface area (TPSA) is 95.1 Å². The molecule has 5 rings (SSSR count). The molecule has 0 aliphatic carbocycles. The molecule has 0 saturated carbocycles. The molecule has 0 unspecified atom stereocenters. The Balaban J connectivity index is 1.94. The average Bonchev–Trinajstić information content (AvgIpc) is 2.80. The van der Waals surface area contributed by atoms with Crippen LogP contribution in [0.2, 0.25) is 5.02 Å². The second kappa shape index (κ2) is 7.67. The lowest BCUT2D eigenvalue weighted by Crippen LogP contribution is -2.26. The summed E-state index contributed by atoms with van der Waals surface area (Å²) in [7, 11) is 0. The van der Waals surface area contributed by atoms with E-state index in [9.17, 15) is 19.7 Å². The van der Waals surface area contributed by atoms with Crippen molar-refractivity contribution in [3.8, 4) is 17.1 Å². The van der Waals surface area contributed by atoms with Crippen molar-refractivity contribution in [2.45, 2.75) is 0 Å². The van der Waals surface area contributed by atoms with E-state index in [-0.39, 0.29) is 21.7 Å². The molecule has 0 amide bonds. The van der Waals surface area contributed by atoms with Crippen molar-refractivity contribution in [1.29, 1.82) is 0 Å². The summed E-state index contributed by atoms with van der Waals surface area (Å²) in [6.45, 7) is 0. The van der Waals surface area contributed by atoms with Gasteiger partial charge in [0, 0.05) is 32.8 Å². The van der Waals surface area contributed by atoms with Crippen molar-refractivity contribution >= 4 is 48.9 Å². The predicted molar refractivity (Wildman–Crippen MR) is 126 cm³/mol. The minimum Gasteiger partial charge on any atom is -0.288 e. The molecule has 0 aliphatic rings. The van der Waals surface area contributed by atoms with Crippen LogP contribution in [-0.2, 0) is 0 Å². The van der Waals surface area contributed by atoms with E-state index in [2.05, 4.69) is 4.98 Å². The standard InChI is InChI=1S/C23H12ClN3O4S/c24-14-8-10-15(11-9-14)26-21(13-4-3-5-16(12-13)27(30)31)25-22-19(23(26)29)20(28)17-6-1-2-7-18(17)32-22/h1-12H. The van der Waals surface area contributed by atoms with Crippen LogP contribution in [0.25, 0.3) is 37.4 Å². The summed E-state index contributed by atoms with van der Waals surface area (Å²) in [5.74, 6) is 0.194. The number of halogens is 1. The molecule has 7 nitrogen and oxygen atoms in total. The largest absolute Gasteiger partial charge is 0.288 e. The van der Waals surface area contributed by atoms with Crippen LogP contribution in [0, 0.1) is 10.1 Å². The van der Waals surface area contributed by atoms with Crippen molar-refractivity contribution in [3.63, 3.8) is 0 Å². The summed E-state index contributed by atoms with van der Waals surface area (Å²) >= 11 is 7.24. The van der Waals surface area contributed by atoms with Gasteiger partial charge in [-0.3, -0.25) is 24.3 Å². The van der Waals surface area contributed by atoms with Crippen LogP contribution in [0.15, 0.2) is 82.4 Å². The van der Waals surface area contributed by atoms with Gasteiger partial charge in [0.1, 0.15) is 16.0 Å². The highest BCUT2D eigenvalue weighted by Crippen LogP contribution is 2.28. The van der Waals surface area contributed by atoms with Gasteiger partial charge in [-0.05, 0) is 36.4 Å². The lowest BCUT2D eigenvalue weighted by molar-refractivity contribution is -0.384. The third-order valence-electron chi connectivity index (χ3n) is 5.02. The normalized spacial score (nSPS) is 11.2. The zero-order valence-electron chi connectivity index (χ0n) is 16.2. The minimum atomic E-state index is -0.550. The molecule has 9 heteroatoms. The molecular formula is C23H12ClN3O4S. The van der Waals surface area contributed by atoms with Crippen LogP contribution in [-0.4, -0.2) is 14.5 Å². The average molecular weight is 462 g/mol. The number of nitro groups is 1. The van der Waals surface area contributed by atoms with Crippen molar-refractivity contribution in [2.75, 3.05) is 0 Å². The molecule has 0 saturated heterocycles. The van der Waals surface area contributed by atoms with Gasteiger partial charge in [-0.15, -0.1) is 11.3 Å². The lowest BCUT2D eigenvalue weighted by Gasteiger charge is -2.14. The van der Waals surface area contributed by atoms with Crippen LogP contribution in [0.3, 0.4) is 0 Å². The number of hydrogen-bond donors (Lipinski definition) is 0. The molecule has 0 aliphatic heterocycles. The van der Waals surface area contributed by atoms with Gasteiger partial charge in [0.2, 0.25) is 5.43 Å². The van der Waals surface area contributed by atoms with E-state index >= 15 is 0 Å². The van der Waals surface area contributed by atoms with Crippen molar-refractivity contribution in [2.24, 2.45) is 0 Å². The minimum absolute atomic E-state index is 0.0298. The van der Waals surface area contributed by atoms with Gasteiger partial charge >= 0.3 is 0 Å². The first-order valence-corrected chi connectivity index (χ1v) is 10.6. The fourth-order valence-electron chi connectivity index (χ4n) is 3.53. The van der Waals surface area contributed by atoms with Crippen LogP contribution in [0.4, 0.5) is 5.69 Å². The summed E-state index contributed by atoms with van der Waals surface area (Å²) in [5.41, 5.74) is -0.272. The van der Waals surface area contributed by atoms with Crippen molar-refractivity contribution in [3.05, 3.63) is 109 Å². The van der Waals surface area contributed by atoms with E-state index in [1.165, 1.54) is 34.1 Å². The summed E-state index contributed by atoms with van der Waals surface area (Å²) < 4.78 is 1.99. The summed E-state index contributed by atoms with van der Waals surface area (Å²) in [6, 6.07) is 19.4. The van der Waals surface area contributed by atoms with Gasteiger partial charge in [0.25, 0.3) is 11.2 Å². The number of hydrogen-bond acceptors (Lipinski definition) is 6. The maximum absolute atomic E-state index is 13.7. The Hall–Kier alpha value is -3.88. The zero-order valence-corrected chi connectivity index (χ0v) is 17.8.